The molecule has 1 aromatic heterocycles. The molecule has 14 heavy (non-hydrogen) atoms. The summed E-state index contributed by atoms with van der Waals surface area (Å²) in [5.41, 5.74) is 0.212. The molecule has 0 aliphatic rings. The van der Waals surface area contributed by atoms with Crippen molar-refractivity contribution in [3.63, 3.8) is 0 Å². The average molecular weight is 254 g/mol. The summed E-state index contributed by atoms with van der Waals surface area (Å²) in [7, 11) is 0. The second kappa shape index (κ2) is 3.93. The van der Waals surface area contributed by atoms with Crippen molar-refractivity contribution in [1.82, 2.24) is 4.98 Å². The molecule has 0 N–H and O–H groups in total. The SMILES string of the molecule is [2H]c1nc([2H])c(C([2H])([2H])[2H])c([2H])c1-c1cccc(Br)c1. The molecule has 70 valence electrons. The highest BCUT2D eigenvalue weighted by atomic mass is 79.9. The molecule has 0 atom stereocenters. The lowest BCUT2D eigenvalue weighted by molar-refractivity contribution is 1.27. The van der Waals surface area contributed by atoms with Crippen LogP contribution >= 0.6 is 15.9 Å². The highest BCUT2D eigenvalue weighted by molar-refractivity contribution is 9.10. The highest BCUT2D eigenvalue weighted by Gasteiger charge is 1.98. The quantitative estimate of drug-likeness (QED) is 0.753. The van der Waals surface area contributed by atoms with Crippen LogP contribution in [0.3, 0.4) is 0 Å². The van der Waals surface area contributed by atoms with Crippen LogP contribution in [-0.2, 0) is 0 Å². The van der Waals surface area contributed by atoms with Crippen LogP contribution in [0.2, 0.25) is 0 Å². The van der Waals surface area contributed by atoms with Gasteiger partial charge in [0, 0.05) is 26.5 Å². The van der Waals surface area contributed by atoms with Gasteiger partial charge in [-0.1, -0.05) is 28.1 Å². The molecule has 0 aliphatic heterocycles. The smallest absolute Gasteiger partial charge is 0.0847 e. The lowest BCUT2D eigenvalue weighted by Crippen LogP contribution is -1.81. The third-order valence-corrected chi connectivity index (χ3v) is 2.19. The fourth-order valence-electron chi connectivity index (χ4n) is 1.10. The van der Waals surface area contributed by atoms with Crippen molar-refractivity contribution in [3.05, 3.63) is 52.7 Å². The van der Waals surface area contributed by atoms with Crippen molar-refractivity contribution >= 4 is 15.9 Å². The monoisotopic (exact) mass is 253 g/mol. The average Bonchev–Trinajstić information content (AvgIpc) is 2.25. The Morgan fingerprint density at radius 2 is 2.29 bits per heavy atom. The summed E-state index contributed by atoms with van der Waals surface area (Å²) in [4.78, 5) is 3.64. The third-order valence-electron chi connectivity index (χ3n) is 1.70. The molecule has 2 rings (SSSR count). The maximum absolute atomic E-state index is 8.04. The predicted octanol–water partition coefficient (Wildman–Crippen LogP) is 3.82. The molecular formula is C12H10BrN. The Labute approximate surface area is 100 Å². The normalized spacial score (nSPS) is 17.2. The molecule has 0 saturated carbocycles. The van der Waals surface area contributed by atoms with Crippen LogP contribution in [0, 0.1) is 6.85 Å². The van der Waals surface area contributed by atoms with Crippen molar-refractivity contribution in [2.45, 2.75) is 6.85 Å². The first-order chi connectivity index (χ1) is 9.21. The van der Waals surface area contributed by atoms with Crippen molar-refractivity contribution < 1.29 is 8.22 Å². The first-order valence-electron chi connectivity index (χ1n) is 6.96. The molecule has 0 amide bonds. The summed E-state index contributed by atoms with van der Waals surface area (Å²) >= 11 is 3.29. The van der Waals surface area contributed by atoms with Gasteiger partial charge in [-0.05, 0) is 36.2 Å². The fourth-order valence-corrected chi connectivity index (χ4v) is 1.50. The standard InChI is InChI=1S/C12H10BrN/c1-9-5-11(8-14-7-9)10-3-2-4-12(13)6-10/h2-8H,1H3/i1D3,5D,7D,8D. The lowest BCUT2D eigenvalue weighted by Gasteiger charge is -2.02. The highest BCUT2D eigenvalue weighted by Crippen LogP contribution is 2.22. The van der Waals surface area contributed by atoms with E-state index in [0.29, 0.717) is 5.56 Å². The maximum atomic E-state index is 8.04. The zero-order chi connectivity index (χ0) is 15.1. The second-order valence-corrected chi connectivity index (χ2v) is 3.64. The van der Waals surface area contributed by atoms with Crippen molar-refractivity contribution in [2.75, 3.05) is 0 Å². The summed E-state index contributed by atoms with van der Waals surface area (Å²) in [6, 6.07) is 6.52. The van der Waals surface area contributed by atoms with Crippen LogP contribution in [0.25, 0.3) is 11.1 Å². The second-order valence-electron chi connectivity index (χ2n) is 2.72. The van der Waals surface area contributed by atoms with E-state index in [2.05, 4.69) is 20.9 Å². The van der Waals surface area contributed by atoms with Crippen LogP contribution in [0.5, 0.6) is 0 Å². The van der Waals surface area contributed by atoms with E-state index in [1.807, 2.05) is 0 Å². The Balaban J connectivity index is 2.78. The van der Waals surface area contributed by atoms with E-state index >= 15 is 0 Å². The minimum absolute atomic E-state index is 0.119. The van der Waals surface area contributed by atoms with E-state index in [1.54, 1.807) is 24.3 Å². The van der Waals surface area contributed by atoms with Gasteiger partial charge in [0.15, 0.2) is 0 Å². The Kier molecular flexibility index (Phi) is 1.28. The molecule has 0 radical (unpaired) electrons. The van der Waals surface area contributed by atoms with Crippen LogP contribution in [-0.4, -0.2) is 4.98 Å². The third kappa shape index (κ3) is 2.02. The fraction of sp³-hybridized carbons (Fsp3) is 0.0833. The Morgan fingerprint density at radius 3 is 3.07 bits per heavy atom. The van der Waals surface area contributed by atoms with E-state index < -0.39 is 18.6 Å². The van der Waals surface area contributed by atoms with E-state index in [-0.39, 0.29) is 17.8 Å². The first-order valence-corrected chi connectivity index (χ1v) is 4.75. The molecule has 1 aromatic carbocycles. The molecule has 1 heterocycles. The molecule has 2 aromatic rings. The van der Waals surface area contributed by atoms with Crippen LogP contribution in [0.4, 0.5) is 0 Å². The van der Waals surface area contributed by atoms with Gasteiger partial charge in [-0.15, -0.1) is 0 Å². The molecular weight excluding hydrogens is 238 g/mol. The first kappa shape index (κ1) is 4.58. The van der Waals surface area contributed by atoms with Gasteiger partial charge in [0.2, 0.25) is 0 Å². The summed E-state index contributed by atoms with van der Waals surface area (Å²) in [5.74, 6) is 0. The molecule has 0 unspecified atom stereocenters. The van der Waals surface area contributed by atoms with Crippen LogP contribution in [0.15, 0.2) is 47.1 Å². The summed E-state index contributed by atoms with van der Waals surface area (Å²) in [6.45, 7) is -2.60. The summed E-state index contributed by atoms with van der Waals surface area (Å²) in [5, 5.41) is 0. The number of hydrogen-bond donors (Lipinski definition) is 0. The molecule has 2 heteroatoms. The minimum Gasteiger partial charge on any atom is -0.264 e. The number of hydrogen-bond acceptors (Lipinski definition) is 1. The molecule has 0 fully saturated rings. The van der Waals surface area contributed by atoms with Gasteiger partial charge >= 0.3 is 0 Å². The van der Waals surface area contributed by atoms with E-state index in [0.717, 1.165) is 4.47 Å². The molecule has 1 nitrogen and oxygen atoms in total. The van der Waals surface area contributed by atoms with Gasteiger partial charge in [0.25, 0.3) is 0 Å². The van der Waals surface area contributed by atoms with Crippen molar-refractivity contribution in [2.24, 2.45) is 0 Å². The van der Waals surface area contributed by atoms with Gasteiger partial charge in [-0.3, -0.25) is 4.98 Å². The number of rotatable bonds is 1. The van der Waals surface area contributed by atoms with Gasteiger partial charge in [-0.2, -0.15) is 0 Å². The predicted molar refractivity (Wildman–Crippen MR) is 62.1 cm³/mol. The number of aromatic nitrogens is 1. The van der Waals surface area contributed by atoms with E-state index in [1.165, 1.54) is 0 Å². The Morgan fingerprint density at radius 1 is 1.36 bits per heavy atom. The maximum Gasteiger partial charge on any atom is 0.0847 e. The minimum atomic E-state index is -2.60. The molecule has 0 aliphatic carbocycles. The van der Waals surface area contributed by atoms with E-state index in [4.69, 9.17) is 8.22 Å². The zero-order valence-corrected chi connectivity index (χ0v) is 8.72. The molecule has 0 spiro atoms. The van der Waals surface area contributed by atoms with Crippen molar-refractivity contribution in [1.29, 1.82) is 0 Å². The lowest BCUT2D eigenvalue weighted by atomic mass is 10.1. The van der Waals surface area contributed by atoms with Crippen molar-refractivity contribution in [3.8, 4) is 11.1 Å². The van der Waals surface area contributed by atoms with Gasteiger partial charge < -0.3 is 0 Å². The molecule has 0 bridgehead atoms. The van der Waals surface area contributed by atoms with Gasteiger partial charge in [0.05, 0.1) is 4.11 Å². The van der Waals surface area contributed by atoms with Gasteiger partial charge in [-0.25, -0.2) is 0 Å². The number of benzene rings is 1. The van der Waals surface area contributed by atoms with Crippen LogP contribution in [0.1, 0.15) is 13.8 Å². The van der Waals surface area contributed by atoms with Gasteiger partial charge in [0.1, 0.15) is 0 Å². The largest absolute Gasteiger partial charge is 0.264 e. The topological polar surface area (TPSA) is 12.9 Å². The summed E-state index contributed by atoms with van der Waals surface area (Å²) in [6.07, 6.45) is -0.815. The van der Waals surface area contributed by atoms with Crippen LogP contribution < -0.4 is 0 Å². The zero-order valence-electron chi connectivity index (χ0n) is 13.1. The number of nitrogens with zero attached hydrogens (tertiary/aromatic N) is 1. The van der Waals surface area contributed by atoms with E-state index in [9.17, 15) is 0 Å². The molecule has 0 saturated heterocycles. The Hall–Kier alpha value is -1.15. The number of halogens is 1. The Bertz CT molecular complexity index is 668. The number of pyridine rings is 1. The summed E-state index contributed by atoms with van der Waals surface area (Å²) < 4.78 is 46.4.